The summed E-state index contributed by atoms with van der Waals surface area (Å²) < 4.78 is 0. The maximum atomic E-state index is 11.6. The highest BCUT2D eigenvalue weighted by atomic mass is 16.1. The van der Waals surface area contributed by atoms with Crippen LogP contribution in [0.4, 0.5) is 0 Å². The molecule has 1 N–H and O–H groups in total. The van der Waals surface area contributed by atoms with Crippen LogP contribution < -0.4 is 5.32 Å². The molecule has 0 aromatic rings. The van der Waals surface area contributed by atoms with Crippen molar-refractivity contribution in [1.82, 2.24) is 5.32 Å². The van der Waals surface area contributed by atoms with Crippen LogP contribution in [0.25, 0.3) is 0 Å². The van der Waals surface area contributed by atoms with Crippen LogP contribution in [0, 0.1) is 0 Å². The fourth-order valence-electron chi connectivity index (χ4n) is 2.08. The lowest BCUT2D eigenvalue weighted by Gasteiger charge is -2.22. The Morgan fingerprint density at radius 3 is 2.60 bits per heavy atom. The fraction of sp³-hybridized carbons (Fsp3) is 0.909. The lowest BCUT2D eigenvalue weighted by molar-refractivity contribution is -0.122. The van der Waals surface area contributed by atoms with Gasteiger partial charge in [0, 0.05) is 18.9 Å². The van der Waals surface area contributed by atoms with Crippen LogP contribution >= 0.6 is 0 Å². The molecule has 0 unspecified atom stereocenters. The molecular formula is C11H19N3O. The van der Waals surface area contributed by atoms with E-state index in [0.717, 1.165) is 19.3 Å². The summed E-state index contributed by atoms with van der Waals surface area (Å²) in [7, 11) is 0. The van der Waals surface area contributed by atoms with E-state index in [-0.39, 0.29) is 11.6 Å². The second-order valence-corrected chi connectivity index (χ2v) is 4.82. The van der Waals surface area contributed by atoms with Crippen LogP contribution in [0.15, 0.2) is 10.2 Å². The van der Waals surface area contributed by atoms with Gasteiger partial charge in [0.25, 0.3) is 0 Å². The second-order valence-electron chi connectivity index (χ2n) is 4.82. The fourth-order valence-corrected chi connectivity index (χ4v) is 2.08. The standard InChI is InChI=1S/C11H19N3O/c1-11(13-14-11)8-7-10(15)12-9-5-3-2-4-6-9/h9H,2-8H2,1H3,(H,12,15). The van der Waals surface area contributed by atoms with Gasteiger partial charge in [0.1, 0.15) is 0 Å². The second kappa shape index (κ2) is 4.29. The molecule has 2 rings (SSSR count). The molecule has 2 aliphatic rings. The Morgan fingerprint density at radius 2 is 2.00 bits per heavy atom. The van der Waals surface area contributed by atoms with Crippen LogP contribution in [0.1, 0.15) is 51.9 Å². The molecule has 0 bridgehead atoms. The lowest BCUT2D eigenvalue weighted by Crippen LogP contribution is -2.36. The number of nitrogens with one attached hydrogen (secondary N) is 1. The van der Waals surface area contributed by atoms with E-state index in [9.17, 15) is 4.79 Å². The average Bonchev–Trinajstić information content (AvgIpc) is 2.96. The minimum atomic E-state index is -0.232. The number of carbonyl (C=O) groups is 1. The van der Waals surface area contributed by atoms with Crippen molar-refractivity contribution < 1.29 is 4.79 Å². The van der Waals surface area contributed by atoms with E-state index in [2.05, 4.69) is 15.5 Å². The summed E-state index contributed by atoms with van der Waals surface area (Å²) >= 11 is 0. The zero-order chi connectivity index (χ0) is 10.7. The number of hydrogen-bond donors (Lipinski definition) is 1. The maximum absolute atomic E-state index is 11.6. The van der Waals surface area contributed by atoms with Crippen LogP contribution in [0.2, 0.25) is 0 Å². The van der Waals surface area contributed by atoms with E-state index in [4.69, 9.17) is 0 Å². The smallest absolute Gasteiger partial charge is 0.220 e. The Labute approximate surface area is 90.5 Å². The predicted octanol–water partition coefficient (Wildman–Crippen LogP) is 2.40. The van der Waals surface area contributed by atoms with E-state index < -0.39 is 0 Å². The molecule has 1 aliphatic heterocycles. The third-order valence-electron chi connectivity index (χ3n) is 3.24. The first-order chi connectivity index (χ1) is 7.18. The molecule has 0 aromatic heterocycles. The van der Waals surface area contributed by atoms with E-state index in [1.165, 1.54) is 19.3 Å². The molecule has 1 heterocycles. The van der Waals surface area contributed by atoms with Crippen molar-refractivity contribution in [3.8, 4) is 0 Å². The highest BCUT2D eigenvalue weighted by molar-refractivity contribution is 5.76. The molecule has 1 fully saturated rings. The third-order valence-corrected chi connectivity index (χ3v) is 3.24. The molecule has 0 saturated heterocycles. The molecule has 0 spiro atoms. The Balaban J connectivity index is 1.63. The van der Waals surface area contributed by atoms with E-state index in [0.29, 0.717) is 12.5 Å². The van der Waals surface area contributed by atoms with Crippen molar-refractivity contribution in [1.29, 1.82) is 0 Å². The van der Waals surface area contributed by atoms with E-state index in [1.54, 1.807) is 0 Å². The minimum Gasteiger partial charge on any atom is -0.353 e. The summed E-state index contributed by atoms with van der Waals surface area (Å²) in [4.78, 5) is 11.6. The topological polar surface area (TPSA) is 53.8 Å². The molecule has 0 atom stereocenters. The summed E-state index contributed by atoms with van der Waals surface area (Å²) in [6.45, 7) is 1.96. The summed E-state index contributed by atoms with van der Waals surface area (Å²) in [6, 6.07) is 0.423. The van der Waals surface area contributed by atoms with Gasteiger partial charge >= 0.3 is 0 Å². The number of hydrogen-bond acceptors (Lipinski definition) is 3. The van der Waals surface area contributed by atoms with Gasteiger partial charge in [-0.05, 0) is 19.8 Å². The molecule has 0 radical (unpaired) electrons. The molecule has 0 aromatic carbocycles. The average molecular weight is 209 g/mol. The Bertz CT molecular complexity index is 263. The highest BCUT2D eigenvalue weighted by Crippen LogP contribution is 2.31. The molecule has 1 saturated carbocycles. The number of amides is 1. The molecule has 4 nitrogen and oxygen atoms in total. The van der Waals surface area contributed by atoms with Crippen LogP contribution in [0.3, 0.4) is 0 Å². The highest BCUT2D eigenvalue weighted by Gasteiger charge is 2.33. The first-order valence-electron chi connectivity index (χ1n) is 5.91. The SMILES string of the molecule is CC1(CCC(=O)NC2CCCCC2)N=N1. The molecule has 84 valence electrons. The van der Waals surface area contributed by atoms with Gasteiger partial charge in [0.05, 0.1) is 0 Å². The van der Waals surface area contributed by atoms with E-state index in [1.807, 2.05) is 6.92 Å². The predicted molar refractivity (Wildman–Crippen MR) is 57.5 cm³/mol. The van der Waals surface area contributed by atoms with Gasteiger partial charge in [-0.15, -0.1) is 0 Å². The van der Waals surface area contributed by atoms with Gasteiger partial charge in [-0.3, -0.25) is 4.79 Å². The van der Waals surface area contributed by atoms with Crippen molar-refractivity contribution in [2.24, 2.45) is 10.2 Å². The monoisotopic (exact) mass is 209 g/mol. The van der Waals surface area contributed by atoms with Crippen molar-refractivity contribution in [2.75, 3.05) is 0 Å². The Morgan fingerprint density at radius 1 is 1.33 bits per heavy atom. The summed E-state index contributed by atoms with van der Waals surface area (Å²) in [5.74, 6) is 0.167. The van der Waals surface area contributed by atoms with Crippen LogP contribution in [-0.4, -0.2) is 17.6 Å². The Kier molecular flexibility index (Phi) is 3.03. The van der Waals surface area contributed by atoms with Gasteiger partial charge < -0.3 is 5.32 Å². The quantitative estimate of drug-likeness (QED) is 0.759. The minimum absolute atomic E-state index is 0.167. The Hall–Kier alpha value is -0.930. The zero-order valence-corrected chi connectivity index (χ0v) is 9.33. The molecule has 15 heavy (non-hydrogen) atoms. The van der Waals surface area contributed by atoms with Crippen LogP contribution in [-0.2, 0) is 4.79 Å². The summed E-state index contributed by atoms with van der Waals surface area (Å²) in [5.41, 5.74) is -0.232. The van der Waals surface area contributed by atoms with Crippen molar-refractivity contribution in [3.05, 3.63) is 0 Å². The summed E-state index contributed by atoms with van der Waals surface area (Å²) in [6.07, 6.45) is 7.45. The molecule has 1 amide bonds. The van der Waals surface area contributed by atoms with Crippen molar-refractivity contribution in [2.45, 2.75) is 63.6 Å². The number of rotatable bonds is 4. The molecular weight excluding hydrogens is 190 g/mol. The lowest BCUT2D eigenvalue weighted by atomic mass is 9.95. The zero-order valence-electron chi connectivity index (χ0n) is 9.33. The van der Waals surface area contributed by atoms with Crippen molar-refractivity contribution >= 4 is 5.91 Å². The number of nitrogens with zero attached hydrogens (tertiary/aromatic N) is 2. The third kappa shape index (κ3) is 3.29. The van der Waals surface area contributed by atoms with Gasteiger partial charge in [0.15, 0.2) is 5.66 Å². The van der Waals surface area contributed by atoms with Crippen LogP contribution in [0.5, 0.6) is 0 Å². The van der Waals surface area contributed by atoms with Gasteiger partial charge in [-0.1, -0.05) is 19.3 Å². The van der Waals surface area contributed by atoms with Gasteiger partial charge in [-0.25, -0.2) is 0 Å². The van der Waals surface area contributed by atoms with Gasteiger partial charge in [-0.2, -0.15) is 10.2 Å². The largest absolute Gasteiger partial charge is 0.353 e. The van der Waals surface area contributed by atoms with E-state index >= 15 is 0 Å². The molecule has 4 heteroatoms. The first kappa shape index (κ1) is 10.6. The normalized spacial score (nSPS) is 23.8. The summed E-state index contributed by atoms with van der Waals surface area (Å²) in [5, 5.41) is 10.9. The maximum Gasteiger partial charge on any atom is 0.220 e. The first-order valence-corrected chi connectivity index (χ1v) is 5.91. The number of carbonyl (C=O) groups excluding carboxylic acids is 1. The van der Waals surface area contributed by atoms with Crippen molar-refractivity contribution in [3.63, 3.8) is 0 Å². The van der Waals surface area contributed by atoms with Gasteiger partial charge in [0.2, 0.25) is 5.91 Å². The molecule has 1 aliphatic carbocycles.